The molecule has 0 aromatic heterocycles. The van der Waals surface area contributed by atoms with Gasteiger partial charge in [0.05, 0.1) is 0 Å². The van der Waals surface area contributed by atoms with Gasteiger partial charge in [0.25, 0.3) is 0 Å². The molecule has 8 aromatic carbocycles. The van der Waals surface area contributed by atoms with Crippen LogP contribution in [0.1, 0.15) is 79.0 Å². The van der Waals surface area contributed by atoms with Gasteiger partial charge in [-0.2, -0.15) is 0 Å². The Hall–Kier alpha value is -5.92. The predicted octanol–water partition coefficient (Wildman–Crippen LogP) is 16.3. The minimum absolute atomic E-state index is 0.0541. The van der Waals surface area contributed by atoms with E-state index >= 15 is 0 Å². The zero-order chi connectivity index (χ0) is 39.9. The van der Waals surface area contributed by atoms with Gasteiger partial charge in [0.15, 0.2) is 0 Å². The van der Waals surface area contributed by atoms with Gasteiger partial charge in [-0.15, -0.1) is 0 Å². The van der Waals surface area contributed by atoms with Crippen LogP contribution in [0.4, 0.5) is 17.1 Å². The monoisotopic (exact) mass is 739 g/mol. The minimum Gasteiger partial charge on any atom is -0.310 e. The summed E-state index contributed by atoms with van der Waals surface area (Å²) in [6, 6.07) is 59.6. The van der Waals surface area contributed by atoms with Crippen molar-refractivity contribution in [2.24, 2.45) is 0 Å². The van der Waals surface area contributed by atoms with Crippen LogP contribution in [-0.2, 0) is 16.2 Å². The molecule has 0 amide bonds. The summed E-state index contributed by atoms with van der Waals surface area (Å²) in [5, 5.41) is 5.05. The lowest BCUT2D eigenvalue weighted by molar-refractivity contribution is 0.590. The maximum Gasteiger partial charge on any atom is 0.0468 e. The number of anilines is 3. The second-order valence-corrected chi connectivity index (χ2v) is 19.2. The van der Waals surface area contributed by atoms with Crippen LogP contribution in [0.25, 0.3) is 66.1 Å². The third-order valence-electron chi connectivity index (χ3n) is 12.0. The molecule has 282 valence electrons. The fourth-order valence-electron chi connectivity index (χ4n) is 8.52. The van der Waals surface area contributed by atoms with Crippen molar-refractivity contribution in [3.05, 3.63) is 174 Å². The smallest absolute Gasteiger partial charge is 0.0468 e. The van der Waals surface area contributed by atoms with Gasteiger partial charge in [-0.25, -0.2) is 0 Å². The molecule has 0 unspecified atom stereocenters. The molecule has 0 aliphatic heterocycles. The molecule has 9 rings (SSSR count). The van der Waals surface area contributed by atoms with Crippen LogP contribution in [0.3, 0.4) is 0 Å². The summed E-state index contributed by atoms with van der Waals surface area (Å²) >= 11 is 0. The second-order valence-electron chi connectivity index (χ2n) is 19.2. The van der Waals surface area contributed by atoms with Gasteiger partial charge < -0.3 is 4.90 Å². The maximum atomic E-state index is 2.43. The quantitative estimate of drug-likeness (QED) is 0.170. The number of hydrogen-bond donors (Lipinski definition) is 0. The Labute approximate surface area is 339 Å². The normalized spacial score (nSPS) is 12.6. The van der Waals surface area contributed by atoms with Crippen LogP contribution in [0.5, 0.6) is 0 Å². The molecule has 1 aliphatic carbocycles. The SMILES string of the molecule is CC(C)(C)c1ccc(-c2cc3cc4c(cc3cc2-c2ccc(C(C)(C)C)cc2)-c2cc3cc(N(c5ccccc5)c5cccc(C(C)(C)C)c5)ccc3cc2-4)cc1. The molecule has 0 saturated heterocycles. The summed E-state index contributed by atoms with van der Waals surface area (Å²) in [4.78, 5) is 2.39. The van der Waals surface area contributed by atoms with E-state index in [0.717, 1.165) is 11.4 Å². The van der Waals surface area contributed by atoms with E-state index in [4.69, 9.17) is 0 Å². The molecule has 0 atom stereocenters. The van der Waals surface area contributed by atoms with E-state index in [1.165, 1.54) is 88.4 Å². The van der Waals surface area contributed by atoms with E-state index in [-0.39, 0.29) is 16.2 Å². The number of fused-ring (bicyclic) bond motifs is 6. The summed E-state index contributed by atoms with van der Waals surface area (Å²) in [5.41, 5.74) is 18.1. The van der Waals surface area contributed by atoms with Crippen LogP contribution in [-0.4, -0.2) is 0 Å². The third kappa shape index (κ3) is 6.74. The Morgan fingerprint density at radius 1 is 0.281 bits per heavy atom. The standard InChI is InChI=1S/C56H53N/c1-54(2,3)42-23-18-36(19-24-42)48-30-40-33-52-50-29-38-22-27-47(57(45-15-11-10-12-16-45)46-17-13-14-44(35-46)56(7,8)9)28-39(38)32-51(50)53(52)34-41(40)31-49(48)37-20-25-43(26-21-37)55(4,5)6/h10-35H,1-9H3. The molecule has 0 N–H and O–H groups in total. The Morgan fingerprint density at radius 2 is 0.684 bits per heavy atom. The first-order valence-corrected chi connectivity index (χ1v) is 20.5. The molecule has 8 aromatic rings. The topological polar surface area (TPSA) is 3.24 Å². The molecular formula is C56H53N. The lowest BCUT2D eigenvalue weighted by Crippen LogP contribution is -2.14. The molecular weight excluding hydrogens is 687 g/mol. The zero-order valence-corrected chi connectivity index (χ0v) is 35.0. The number of benzene rings is 8. The number of nitrogens with zero attached hydrogens (tertiary/aromatic N) is 1. The third-order valence-corrected chi connectivity index (χ3v) is 12.0. The van der Waals surface area contributed by atoms with Crippen LogP contribution in [0, 0.1) is 0 Å². The average Bonchev–Trinajstić information content (AvgIpc) is 3.19. The van der Waals surface area contributed by atoms with Crippen LogP contribution >= 0.6 is 0 Å². The summed E-state index contributed by atoms with van der Waals surface area (Å²) in [7, 11) is 0. The number of hydrogen-bond acceptors (Lipinski definition) is 1. The Balaban J connectivity index is 1.15. The predicted molar refractivity (Wildman–Crippen MR) is 248 cm³/mol. The summed E-state index contributed by atoms with van der Waals surface area (Å²) < 4.78 is 0. The van der Waals surface area contributed by atoms with E-state index in [0.29, 0.717) is 0 Å². The molecule has 1 aliphatic rings. The molecule has 0 spiro atoms. The lowest BCUT2D eigenvalue weighted by atomic mass is 9.77. The van der Waals surface area contributed by atoms with Crippen molar-refractivity contribution >= 4 is 38.6 Å². The Morgan fingerprint density at radius 3 is 1.16 bits per heavy atom. The Bertz CT molecular complexity index is 2800. The second kappa shape index (κ2) is 13.3. The molecule has 0 heterocycles. The van der Waals surface area contributed by atoms with Crippen molar-refractivity contribution < 1.29 is 0 Å². The molecule has 0 saturated carbocycles. The largest absolute Gasteiger partial charge is 0.310 e. The molecule has 0 fully saturated rings. The van der Waals surface area contributed by atoms with E-state index in [9.17, 15) is 0 Å². The first-order chi connectivity index (χ1) is 27.1. The van der Waals surface area contributed by atoms with Gasteiger partial charge in [0, 0.05) is 17.1 Å². The maximum absolute atomic E-state index is 2.43. The highest BCUT2D eigenvalue weighted by Crippen LogP contribution is 2.52. The average molecular weight is 740 g/mol. The first kappa shape index (κ1) is 36.7. The van der Waals surface area contributed by atoms with Gasteiger partial charge in [0.2, 0.25) is 0 Å². The van der Waals surface area contributed by atoms with Crippen molar-refractivity contribution in [2.75, 3.05) is 4.90 Å². The summed E-state index contributed by atoms with van der Waals surface area (Å²) in [6.07, 6.45) is 0. The van der Waals surface area contributed by atoms with Crippen LogP contribution < -0.4 is 4.90 Å². The molecule has 1 nitrogen and oxygen atoms in total. The lowest BCUT2D eigenvalue weighted by Gasteiger charge is -2.29. The molecule has 0 bridgehead atoms. The van der Waals surface area contributed by atoms with Crippen molar-refractivity contribution in [1.82, 2.24) is 0 Å². The van der Waals surface area contributed by atoms with Gasteiger partial charge in [0.1, 0.15) is 0 Å². The van der Waals surface area contributed by atoms with E-state index in [2.05, 4.69) is 225 Å². The van der Waals surface area contributed by atoms with Crippen LogP contribution in [0.15, 0.2) is 158 Å². The highest BCUT2D eigenvalue weighted by molar-refractivity contribution is 6.13. The molecule has 1 heteroatoms. The van der Waals surface area contributed by atoms with Crippen molar-refractivity contribution in [3.8, 4) is 44.5 Å². The summed E-state index contributed by atoms with van der Waals surface area (Å²) in [6.45, 7) is 20.5. The van der Waals surface area contributed by atoms with Gasteiger partial charge in [-0.3, -0.25) is 0 Å². The van der Waals surface area contributed by atoms with Gasteiger partial charge in [-0.1, -0.05) is 147 Å². The summed E-state index contributed by atoms with van der Waals surface area (Å²) in [5.74, 6) is 0. The van der Waals surface area contributed by atoms with E-state index < -0.39 is 0 Å². The van der Waals surface area contributed by atoms with Crippen LogP contribution in [0.2, 0.25) is 0 Å². The number of para-hydroxylation sites is 1. The van der Waals surface area contributed by atoms with E-state index in [1.54, 1.807) is 0 Å². The highest BCUT2D eigenvalue weighted by atomic mass is 15.1. The number of rotatable bonds is 5. The Kier molecular flexibility index (Phi) is 8.59. The zero-order valence-electron chi connectivity index (χ0n) is 35.0. The van der Waals surface area contributed by atoms with Crippen molar-refractivity contribution in [3.63, 3.8) is 0 Å². The fourth-order valence-corrected chi connectivity index (χ4v) is 8.52. The van der Waals surface area contributed by atoms with Gasteiger partial charge >= 0.3 is 0 Å². The van der Waals surface area contributed by atoms with Gasteiger partial charge in [-0.05, 0) is 172 Å². The first-order valence-electron chi connectivity index (χ1n) is 20.5. The molecule has 0 radical (unpaired) electrons. The van der Waals surface area contributed by atoms with Crippen molar-refractivity contribution in [2.45, 2.75) is 78.6 Å². The molecule has 57 heavy (non-hydrogen) atoms. The van der Waals surface area contributed by atoms with E-state index in [1.807, 2.05) is 0 Å². The highest BCUT2D eigenvalue weighted by Gasteiger charge is 2.26. The fraction of sp³-hybridized carbons (Fsp3) is 0.214. The minimum atomic E-state index is 0.0541. The van der Waals surface area contributed by atoms with Crippen molar-refractivity contribution in [1.29, 1.82) is 0 Å².